The van der Waals surface area contributed by atoms with Crippen molar-refractivity contribution in [3.8, 4) is 0 Å². The lowest BCUT2D eigenvalue weighted by molar-refractivity contribution is -0.0388. The zero-order valence-electron chi connectivity index (χ0n) is 11.6. The molecule has 0 amide bonds. The summed E-state index contributed by atoms with van der Waals surface area (Å²) in [6, 6.07) is 0. The van der Waals surface area contributed by atoms with E-state index >= 15 is 0 Å². The van der Waals surface area contributed by atoms with Crippen LogP contribution in [0.15, 0.2) is 6.20 Å². The summed E-state index contributed by atoms with van der Waals surface area (Å²) in [6.07, 6.45) is 5.81. The minimum Gasteiger partial charge on any atom is -0.385 e. The van der Waals surface area contributed by atoms with E-state index in [0.29, 0.717) is 0 Å². The first-order valence-corrected chi connectivity index (χ1v) is 6.87. The number of hydrogen-bond donors (Lipinski definition) is 1. The molecule has 1 aromatic heterocycles. The zero-order valence-corrected chi connectivity index (χ0v) is 11.6. The van der Waals surface area contributed by atoms with Crippen LogP contribution in [0.25, 0.3) is 0 Å². The van der Waals surface area contributed by atoms with Gasteiger partial charge in [0.05, 0.1) is 11.9 Å². The lowest BCUT2D eigenvalue weighted by atomic mass is 9.86. The van der Waals surface area contributed by atoms with Gasteiger partial charge in [-0.2, -0.15) is 0 Å². The van der Waals surface area contributed by atoms with Crippen molar-refractivity contribution in [3.63, 3.8) is 0 Å². The molecule has 2 unspecified atom stereocenters. The van der Waals surface area contributed by atoms with E-state index in [4.69, 9.17) is 0 Å². The van der Waals surface area contributed by atoms with Crippen molar-refractivity contribution in [2.24, 2.45) is 7.05 Å². The second-order valence-corrected chi connectivity index (χ2v) is 5.44. The average molecular weight is 252 g/mol. The maximum atomic E-state index is 10.7. The van der Waals surface area contributed by atoms with Gasteiger partial charge in [-0.3, -0.25) is 4.90 Å². The monoisotopic (exact) mass is 252 g/mol. The molecule has 0 saturated carbocycles. The summed E-state index contributed by atoms with van der Waals surface area (Å²) in [4.78, 5) is 2.42. The summed E-state index contributed by atoms with van der Waals surface area (Å²) >= 11 is 0. The van der Waals surface area contributed by atoms with Crippen LogP contribution >= 0.6 is 0 Å². The third-order valence-corrected chi connectivity index (χ3v) is 4.41. The number of rotatable bonds is 4. The Kier molecular flexibility index (Phi) is 4.02. The largest absolute Gasteiger partial charge is 0.385 e. The van der Waals surface area contributed by atoms with E-state index in [1.807, 2.05) is 7.05 Å². The van der Waals surface area contributed by atoms with Gasteiger partial charge in [0.15, 0.2) is 0 Å². The average Bonchev–Trinajstić information content (AvgIpc) is 2.84. The van der Waals surface area contributed by atoms with Crippen LogP contribution in [0.4, 0.5) is 0 Å². The van der Waals surface area contributed by atoms with E-state index in [2.05, 4.69) is 29.1 Å². The van der Waals surface area contributed by atoms with Crippen molar-refractivity contribution in [1.82, 2.24) is 19.9 Å². The Morgan fingerprint density at radius 1 is 1.39 bits per heavy atom. The molecule has 0 radical (unpaired) electrons. The maximum absolute atomic E-state index is 10.7. The fourth-order valence-corrected chi connectivity index (χ4v) is 2.86. The minimum atomic E-state index is -0.541. The second kappa shape index (κ2) is 5.36. The number of aromatic nitrogens is 3. The highest BCUT2D eigenvalue weighted by Crippen LogP contribution is 2.35. The molecule has 2 heterocycles. The van der Waals surface area contributed by atoms with Gasteiger partial charge in [0, 0.05) is 12.6 Å². The zero-order chi connectivity index (χ0) is 13.2. The minimum absolute atomic E-state index is 0.226. The highest BCUT2D eigenvalue weighted by Gasteiger charge is 2.40. The molecule has 5 nitrogen and oxygen atoms in total. The lowest BCUT2D eigenvalue weighted by Crippen LogP contribution is -2.52. The van der Waals surface area contributed by atoms with E-state index < -0.39 is 6.10 Å². The molecule has 5 heteroatoms. The molecule has 1 saturated heterocycles. The molecule has 0 spiro atoms. The third-order valence-electron chi connectivity index (χ3n) is 4.41. The van der Waals surface area contributed by atoms with Gasteiger partial charge in [-0.05, 0) is 39.3 Å². The summed E-state index contributed by atoms with van der Waals surface area (Å²) in [5, 5.41) is 18.5. The summed E-state index contributed by atoms with van der Waals surface area (Å²) in [5.74, 6) is 0. The van der Waals surface area contributed by atoms with Crippen molar-refractivity contribution in [2.75, 3.05) is 13.1 Å². The predicted octanol–water partition coefficient (Wildman–Crippen LogP) is 1.50. The molecule has 1 fully saturated rings. The Labute approximate surface area is 109 Å². The topological polar surface area (TPSA) is 54.2 Å². The Bertz CT molecular complexity index is 386. The molecule has 18 heavy (non-hydrogen) atoms. The Morgan fingerprint density at radius 3 is 2.56 bits per heavy atom. The summed E-state index contributed by atoms with van der Waals surface area (Å²) in [6.45, 7) is 6.44. The van der Waals surface area contributed by atoms with Crippen LogP contribution in [0.3, 0.4) is 0 Å². The number of likely N-dealkylation sites (tertiary alicyclic amines) is 1. The SMILES string of the molecule is CCC(C)(C(O)c1cnnn1C)N1CCCCC1. The van der Waals surface area contributed by atoms with Gasteiger partial charge in [0.2, 0.25) is 0 Å². The Balaban J connectivity index is 2.22. The van der Waals surface area contributed by atoms with Gasteiger partial charge in [-0.1, -0.05) is 18.6 Å². The van der Waals surface area contributed by atoms with Gasteiger partial charge < -0.3 is 5.11 Å². The Morgan fingerprint density at radius 2 is 2.06 bits per heavy atom. The number of aliphatic hydroxyl groups is 1. The molecule has 1 aliphatic heterocycles. The quantitative estimate of drug-likeness (QED) is 0.882. The molecule has 2 atom stereocenters. The van der Waals surface area contributed by atoms with Crippen molar-refractivity contribution in [2.45, 2.75) is 51.2 Å². The molecular formula is C13H24N4O. The van der Waals surface area contributed by atoms with Crippen LogP contribution in [0.2, 0.25) is 0 Å². The van der Waals surface area contributed by atoms with Gasteiger partial charge in [-0.25, -0.2) is 4.68 Å². The number of piperidine rings is 1. The highest BCUT2D eigenvalue weighted by molar-refractivity contribution is 5.08. The molecule has 102 valence electrons. The van der Waals surface area contributed by atoms with Crippen molar-refractivity contribution >= 4 is 0 Å². The second-order valence-electron chi connectivity index (χ2n) is 5.44. The van der Waals surface area contributed by atoms with E-state index in [0.717, 1.165) is 25.2 Å². The molecule has 0 bridgehead atoms. The number of nitrogens with zero attached hydrogens (tertiary/aromatic N) is 4. The molecule has 0 aromatic carbocycles. The fraction of sp³-hybridized carbons (Fsp3) is 0.846. The molecule has 1 N–H and O–H groups in total. The first-order valence-electron chi connectivity index (χ1n) is 6.87. The fourth-order valence-electron chi connectivity index (χ4n) is 2.86. The van der Waals surface area contributed by atoms with Crippen LogP contribution in [0.5, 0.6) is 0 Å². The van der Waals surface area contributed by atoms with Crippen molar-refractivity contribution in [1.29, 1.82) is 0 Å². The molecule has 1 aromatic rings. The summed E-state index contributed by atoms with van der Waals surface area (Å²) in [7, 11) is 1.83. The van der Waals surface area contributed by atoms with Gasteiger partial charge >= 0.3 is 0 Å². The molecule has 0 aliphatic carbocycles. The number of hydrogen-bond acceptors (Lipinski definition) is 4. The highest BCUT2D eigenvalue weighted by atomic mass is 16.3. The van der Waals surface area contributed by atoms with Crippen LogP contribution < -0.4 is 0 Å². The normalized spacial score (nSPS) is 22.7. The van der Waals surface area contributed by atoms with E-state index in [1.54, 1.807) is 10.9 Å². The van der Waals surface area contributed by atoms with Gasteiger partial charge in [0.1, 0.15) is 6.10 Å². The lowest BCUT2D eigenvalue weighted by Gasteiger charge is -2.45. The summed E-state index contributed by atoms with van der Waals surface area (Å²) in [5.41, 5.74) is 0.570. The smallest absolute Gasteiger partial charge is 0.115 e. The first kappa shape index (κ1) is 13.5. The van der Waals surface area contributed by atoms with Gasteiger partial charge in [-0.15, -0.1) is 5.10 Å². The summed E-state index contributed by atoms with van der Waals surface area (Å²) < 4.78 is 1.67. The predicted molar refractivity (Wildman–Crippen MR) is 70.1 cm³/mol. The Hall–Kier alpha value is -0.940. The van der Waals surface area contributed by atoms with Crippen LogP contribution in [-0.2, 0) is 7.05 Å². The first-order chi connectivity index (χ1) is 8.59. The molecular weight excluding hydrogens is 228 g/mol. The van der Waals surface area contributed by atoms with E-state index in [1.165, 1.54) is 19.3 Å². The molecule has 1 aliphatic rings. The van der Waals surface area contributed by atoms with Gasteiger partial charge in [0.25, 0.3) is 0 Å². The van der Waals surface area contributed by atoms with Crippen LogP contribution in [0.1, 0.15) is 51.3 Å². The number of aliphatic hydroxyl groups excluding tert-OH is 1. The van der Waals surface area contributed by atoms with Crippen LogP contribution in [-0.4, -0.2) is 43.6 Å². The van der Waals surface area contributed by atoms with Crippen LogP contribution in [0, 0.1) is 0 Å². The maximum Gasteiger partial charge on any atom is 0.115 e. The standard InChI is InChI=1S/C13H24N4O/c1-4-13(2,17-8-6-5-7-9-17)12(18)11-10-14-15-16(11)3/h10,12,18H,4-9H2,1-3H3. The van der Waals surface area contributed by atoms with Crippen molar-refractivity contribution in [3.05, 3.63) is 11.9 Å². The molecule has 2 rings (SSSR count). The van der Waals surface area contributed by atoms with Crippen molar-refractivity contribution < 1.29 is 5.11 Å². The van der Waals surface area contributed by atoms with E-state index in [9.17, 15) is 5.11 Å². The number of aryl methyl sites for hydroxylation is 1. The third kappa shape index (κ3) is 2.29. The van der Waals surface area contributed by atoms with E-state index in [-0.39, 0.29) is 5.54 Å².